The molecule has 0 bridgehead atoms. The molecule has 0 aliphatic heterocycles. The van der Waals surface area contributed by atoms with Crippen LogP contribution in [0.3, 0.4) is 0 Å². The number of amides is 2. The van der Waals surface area contributed by atoms with E-state index in [1.165, 1.54) is 17.7 Å². The smallest absolute Gasteiger partial charge is 0.253 e. The van der Waals surface area contributed by atoms with Crippen LogP contribution in [-0.4, -0.2) is 30.8 Å². The largest absolute Gasteiger partial charge is 0.345 e. The minimum Gasteiger partial charge on any atom is -0.345 e. The summed E-state index contributed by atoms with van der Waals surface area (Å²) >= 11 is 0. The molecule has 4 heteroatoms. The van der Waals surface area contributed by atoms with Crippen molar-refractivity contribution in [2.45, 2.75) is 32.1 Å². The van der Waals surface area contributed by atoms with E-state index >= 15 is 0 Å². The Balaban J connectivity index is 1.96. The summed E-state index contributed by atoms with van der Waals surface area (Å²) in [4.78, 5) is 25.4. The van der Waals surface area contributed by atoms with Crippen LogP contribution in [0.5, 0.6) is 0 Å². The Bertz CT molecular complexity index is 491. The first-order valence-electron chi connectivity index (χ1n) is 7.18. The number of nitrogens with zero attached hydrogens (tertiary/aromatic N) is 1. The van der Waals surface area contributed by atoms with Crippen LogP contribution in [0.4, 0.5) is 5.69 Å². The van der Waals surface area contributed by atoms with Crippen molar-refractivity contribution in [3.8, 4) is 0 Å². The number of anilines is 1. The maximum absolute atomic E-state index is 12.0. The summed E-state index contributed by atoms with van der Waals surface area (Å²) in [5.41, 5.74) is 1.29. The van der Waals surface area contributed by atoms with Gasteiger partial charge < -0.3 is 10.2 Å². The van der Waals surface area contributed by atoms with Gasteiger partial charge in [-0.3, -0.25) is 9.59 Å². The zero-order valence-corrected chi connectivity index (χ0v) is 12.2. The van der Waals surface area contributed by atoms with E-state index in [1.807, 2.05) is 6.07 Å². The average Bonchev–Trinajstić information content (AvgIpc) is 2.90. The first-order chi connectivity index (χ1) is 9.56. The zero-order chi connectivity index (χ0) is 14.5. The summed E-state index contributed by atoms with van der Waals surface area (Å²) in [6.07, 6.45) is 5.39. The number of carbonyl (C=O) groups is 2. The number of carbonyl (C=O) groups excluding carboxylic acids is 2. The summed E-state index contributed by atoms with van der Waals surface area (Å²) in [6, 6.07) is 7.10. The maximum Gasteiger partial charge on any atom is 0.253 e. The Labute approximate surface area is 120 Å². The molecule has 0 atom stereocenters. The van der Waals surface area contributed by atoms with Gasteiger partial charge in [-0.2, -0.15) is 0 Å². The highest BCUT2D eigenvalue weighted by molar-refractivity contribution is 5.97. The third-order valence-electron chi connectivity index (χ3n) is 3.75. The van der Waals surface area contributed by atoms with E-state index < -0.39 is 0 Å². The molecule has 0 heterocycles. The van der Waals surface area contributed by atoms with E-state index in [0.29, 0.717) is 23.6 Å². The highest BCUT2D eigenvalue weighted by Gasteiger charge is 2.18. The van der Waals surface area contributed by atoms with Crippen LogP contribution in [0.2, 0.25) is 0 Å². The molecule has 2 amide bonds. The SMILES string of the molecule is CN(C)C(=O)c1cccc(NC(=O)CC2CCCC2)c1. The predicted octanol–water partition coefficient (Wildman–Crippen LogP) is 2.91. The topological polar surface area (TPSA) is 49.4 Å². The van der Waals surface area contributed by atoms with Crippen LogP contribution in [0, 0.1) is 5.92 Å². The lowest BCUT2D eigenvalue weighted by atomic mass is 10.0. The molecule has 1 saturated carbocycles. The highest BCUT2D eigenvalue weighted by atomic mass is 16.2. The molecule has 1 aromatic rings. The lowest BCUT2D eigenvalue weighted by Gasteiger charge is -2.12. The second kappa shape index (κ2) is 6.55. The molecule has 0 aromatic heterocycles. The van der Waals surface area contributed by atoms with Crippen LogP contribution in [0.15, 0.2) is 24.3 Å². The van der Waals surface area contributed by atoms with E-state index in [-0.39, 0.29) is 11.8 Å². The van der Waals surface area contributed by atoms with Crippen molar-refractivity contribution in [3.05, 3.63) is 29.8 Å². The Morgan fingerprint density at radius 3 is 2.60 bits per heavy atom. The first-order valence-corrected chi connectivity index (χ1v) is 7.18. The molecule has 0 saturated heterocycles. The minimum absolute atomic E-state index is 0.0475. The van der Waals surface area contributed by atoms with Gasteiger partial charge in [-0.25, -0.2) is 0 Å². The monoisotopic (exact) mass is 274 g/mol. The normalized spacial score (nSPS) is 15.1. The summed E-state index contributed by atoms with van der Waals surface area (Å²) in [7, 11) is 3.43. The Kier molecular flexibility index (Phi) is 4.77. The predicted molar refractivity (Wildman–Crippen MR) is 79.7 cm³/mol. The van der Waals surface area contributed by atoms with Gasteiger partial charge in [0.05, 0.1) is 0 Å². The maximum atomic E-state index is 12.0. The summed E-state index contributed by atoms with van der Waals surface area (Å²) in [5, 5.41) is 2.89. The van der Waals surface area contributed by atoms with Crippen molar-refractivity contribution in [2.75, 3.05) is 19.4 Å². The fraction of sp³-hybridized carbons (Fsp3) is 0.500. The van der Waals surface area contributed by atoms with Gasteiger partial charge in [-0.15, -0.1) is 0 Å². The van der Waals surface area contributed by atoms with Gasteiger partial charge in [0.25, 0.3) is 5.91 Å². The second-order valence-electron chi connectivity index (χ2n) is 5.68. The fourth-order valence-electron chi connectivity index (χ4n) is 2.68. The third-order valence-corrected chi connectivity index (χ3v) is 3.75. The standard InChI is InChI=1S/C16H22N2O2/c1-18(2)16(20)13-8-5-9-14(11-13)17-15(19)10-12-6-3-4-7-12/h5,8-9,11-12H,3-4,6-7,10H2,1-2H3,(H,17,19). The van der Waals surface area contributed by atoms with Crippen LogP contribution < -0.4 is 5.32 Å². The molecule has 0 spiro atoms. The van der Waals surface area contributed by atoms with E-state index in [4.69, 9.17) is 0 Å². The zero-order valence-electron chi connectivity index (χ0n) is 12.2. The highest BCUT2D eigenvalue weighted by Crippen LogP contribution is 2.27. The second-order valence-corrected chi connectivity index (χ2v) is 5.68. The average molecular weight is 274 g/mol. The number of hydrogen-bond acceptors (Lipinski definition) is 2. The van der Waals surface area contributed by atoms with Crippen molar-refractivity contribution in [2.24, 2.45) is 5.92 Å². The molecule has 1 N–H and O–H groups in total. The van der Waals surface area contributed by atoms with Gasteiger partial charge >= 0.3 is 0 Å². The molecular formula is C16H22N2O2. The first kappa shape index (κ1) is 14.6. The van der Waals surface area contributed by atoms with Crippen LogP contribution >= 0.6 is 0 Å². The quantitative estimate of drug-likeness (QED) is 0.917. The summed E-state index contributed by atoms with van der Waals surface area (Å²) in [5.74, 6) is 0.518. The van der Waals surface area contributed by atoms with Gasteiger partial charge in [0.1, 0.15) is 0 Å². The van der Waals surface area contributed by atoms with Gasteiger partial charge in [-0.05, 0) is 37.0 Å². The number of benzene rings is 1. The molecule has 2 rings (SSSR count). The number of hydrogen-bond donors (Lipinski definition) is 1. The molecule has 1 aliphatic rings. The Morgan fingerprint density at radius 2 is 1.95 bits per heavy atom. The fourth-order valence-corrected chi connectivity index (χ4v) is 2.68. The molecule has 1 aromatic carbocycles. The van der Waals surface area contributed by atoms with Gasteiger partial charge in [0.2, 0.25) is 5.91 Å². The number of nitrogens with one attached hydrogen (secondary N) is 1. The molecule has 1 aliphatic carbocycles. The van der Waals surface area contributed by atoms with Crippen molar-refractivity contribution >= 4 is 17.5 Å². The summed E-state index contributed by atoms with van der Waals surface area (Å²) in [6.45, 7) is 0. The van der Waals surface area contributed by atoms with Gasteiger partial charge in [0, 0.05) is 31.8 Å². The molecule has 0 radical (unpaired) electrons. The van der Waals surface area contributed by atoms with E-state index in [1.54, 1.807) is 32.3 Å². The van der Waals surface area contributed by atoms with Gasteiger partial charge in [-0.1, -0.05) is 18.9 Å². The van der Waals surface area contributed by atoms with Crippen LogP contribution in [0.25, 0.3) is 0 Å². The minimum atomic E-state index is -0.0584. The van der Waals surface area contributed by atoms with Crippen LogP contribution in [-0.2, 0) is 4.79 Å². The molecule has 0 unspecified atom stereocenters. The third kappa shape index (κ3) is 3.83. The van der Waals surface area contributed by atoms with Crippen molar-refractivity contribution in [3.63, 3.8) is 0 Å². The molecule has 20 heavy (non-hydrogen) atoms. The van der Waals surface area contributed by atoms with Crippen molar-refractivity contribution in [1.29, 1.82) is 0 Å². The van der Waals surface area contributed by atoms with Crippen molar-refractivity contribution in [1.82, 2.24) is 4.90 Å². The Hall–Kier alpha value is -1.84. The Morgan fingerprint density at radius 1 is 1.25 bits per heavy atom. The number of rotatable bonds is 4. The lowest BCUT2D eigenvalue weighted by molar-refractivity contribution is -0.117. The molecule has 1 fully saturated rings. The van der Waals surface area contributed by atoms with E-state index in [9.17, 15) is 9.59 Å². The van der Waals surface area contributed by atoms with E-state index in [2.05, 4.69) is 5.32 Å². The lowest BCUT2D eigenvalue weighted by Crippen LogP contribution is -2.22. The van der Waals surface area contributed by atoms with E-state index in [0.717, 1.165) is 12.8 Å². The van der Waals surface area contributed by atoms with Crippen molar-refractivity contribution < 1.29 is 9.59 Å². The molecule has 108 valence electrons. The summed E-state index contributed by atoms with van der Waals surface area (Å²) < 4.78 is 0. The van der Waals surface area contributed by atoms with Crippen LogP contribution in [0.1, 0.15) is 42.5 Å². The molecular weight excluding hydrogens is 252 g/mol. The molecule has 4 nitrogen and oxygen atoms in total. The van der Waals surface area contributed by atoms with Gasteiger partial charge in [0.15, 0.2) is 0 Å².